The first-order chi connectivity index (χ1) is 13.3. The van der Waals surface area contributed by atoms with Crippen molar-refractivity contribution in [1.82, 2.24) is 5.32 Å². The van der Waals surface area contributed by atoms with Gasteiger partial charge in [0, 0.05) is 5.54 Å². The van der Waals surface area contributed by atoms with Gasteiger partial charge in [-0.25, -0.2) is 9.59 Å². The van der Waals surface area contributed by atoms with Gasteiger partial charge in [-0.2, -0.15) is 0 Å². The molecule has 0 fully saturated rings. The number of ether oxygens (including phenoxy) is 2. The maximum atomic E-state index is 11.3. The molecule has 0 heterocycles. The second kappa shape index (κ2) is 19.4. The smallest absolute Gasteiger partial charge is 0.405 e. The lowest BCUT2D eigenvalue weighted by atomic mass is 9.82. The number of rotatable bonds is 17. The normalized spacial score (nSPS) is 10.2. The van der Waals surface area contributed by atoms with E-state index in [1.807, 2.05) is 0 Å². The third-order valence-corrected chi connectivity index (χ3v) is 4.20. The standard InChI is InChI=1S/C19H35NO4.CH3NO2/c1-4-7-8-13-19(20-18(21)22,14-9-11-16-23-5-2)15-10-12-17-24-6-3;2-1(3)4/h5-6,20H,2-4,7-17H2,1H3,(H,21,22);2H2,(H,3,4). The first-order valence-electron chi connectivity index (χ1n) is 9.78. The summed E-state index contributed by atoms with van der Waals surface area (Å²) in [4.78, 5) is 20.1. The Morgan fingerprint density at radius 2 is 1.32 bits per heavy atom. The topological polar surface area (TPSA) is 131 Å². The van der Waals surface area contributed by atoms with E-state index in [0.717, 1.165) is 64.2 Å². The summed E-state index contributed by atoms with van der Waals surface area (Å²) >= 11 is 0. The monoisotopic (exact) mass is 402 g/mol. The fourth-order valence-corrected chi connectivity index (χ4v) is 2.97. The Kier molecular flexibility index (Phi) is 19.3. The van der Waals surface area contributed by atoms with E-state index in [1.54, 1.807) is 0 Å². The molecule has 0 aromatic rings. The van der Waals surface area contributed by atoms with Gasteiger partial charge in [-0.1, -0.05) is 39.3 Å². The summed E-state index contributed by atoms with van der Waals surface area (Å²) in [7, 11) is 0. The van der Waals surface area contributed by atoms with Crippen molar-refractivity contribution in [2.75, 3.05) is 13.2 Å². The molecule has 0 aliphatic carbocycles. The zero-order valence-electron chi connectivity index (χ0n) is 17.2. The maximum absolute atomic E-state index is 11.3. The van der Waals surface area contributed by atoms with Gasteiger partial charge in [0.25, 0.3) is 0 Å². The van der Waals surface area contributed by atoms with E-state index in [2.05, 4.69) is 31.1 Å². The molecule has 0 aromatic heterocycles. The Morgan fingerprint density at radius 3 is 1.64 bits per heavy atom. The van der Waals surface area contributed by atoms with Crippen LogP contribution in [0.15, 0.2) is 25.7 Å². The van der Waals surface area contributed by atoms with Crippen LogP contribution in [0.25, 0.3) is 0 Å². The number of hydrogen-bond donors (Lipinski definition) is 4. The lowest BCUT2D eigenvalue weighted by molar-refractivity contribution is 0.159. The van der Waals surface area contributed by atoms with E-state index in [4.69, 9.17) is 19.4 Å². The van der Waals surface area contributed by atoms with Crippen LogP contribution in [-0.4, -0.2) is 41.2 Å². The van der Waals surface area contributed by atoms with Gasteiger partial charge in [0.2, 0.25) is 0 Å². The molecule has 0 radical (unpaired) electrons. The average Bonchev–Trinajstić information content (AvgIpc) is 2.60. The van der Waals surface area contributed by atoms with E-state index in [9.17, 15) is 9.90 Å². The highest BCUT2D eigenvalue weighted by Gasteiger charge is 2.30. The van der Waals surface area contributed by atoms with Crippen LogP contribution in [0.3, 0.4) is 0 Å². The van der Waals surface area contributed by atoms with Crippen molar-refractivity contribution in [1.29, 1.82) is 0 Å². The van der Waals surface area contributed by atoms with Crippen molar-refractivity contribution in [3.05, 3.63) is 25.7 Å². The lowest BCUT2D eigenvalue weighted by Crippen LogP contribution is -2.48. The Hall–Kier alpha value is -2.38. The number of nitrogens with two attached hydrogens (primary N) is 1. The van der Waals surface area contributed by atoms with Crippen molar-refractivity contribution in [2.24, 2.45) is 5.73 Å². The van der Waals surface area contributed by atoms with Crippen LogP contribution in [0, 0.1) is 0 Å². The van der Waals surface area contributed by atoms with Gasteiger partial charge in [0.15, 0.2) is 0 Å². The first-order valence-corrected chi connectivity index (χ1v) is 9.78. The summed E-state index contributed by atoms with van der Waals surface area (Å²) < 4.78 is 10.3. The Morgan fingerprint density at radius 1 is 0.929 bits per heavy atom. The number of amides is 2. The molecule has 8 nitrogen and oxygen atoms in total. The summed E-state index contributed by atoms with van der Waals surface area (Å²) in [6.45, 7) is 10.5. The van der Waals surface area contributed by atoms with E-state index in [-0.39, 0.29) is 5.54 Å². The molecule has 0 unspecified atom stereocenters. The molecule has 28 heavy (non-hydrogen) atoms. The minimum Gasteiger partial charge on any atom is -0.502 e. The molecular formula is C20H38N2O6. The fraction of sp³-hybridized carbons (Fsp3) is 0.700. The first kappa shape index (κ1) is 27.8. The van der Waals surface area contributed by atoms with Crippen LogP contribution < -0.4 is 11.1 Å². The molecule has 5 N–H and O–H groups in total. The van der Waals surface area contributed by atoms with Gasteiger partial charge in [-0.15, -0.1) is 0 Å². The fourth-order valence-electron chi connectivity index (χ4n) is 2.97. The van der Waals surface area contributed by atoms with E-state index < -0.39 is 12.2 Å². The van der Waals surface area contributed by atoms with Crippen LogP contribution in [0.1, 0.15) is 71.1 Å². The average molecular weight is 403 g/mol. The molecule has 0 aliphatic rings. The second-order valence-electron chi connectivity index (χ2n) is 6.49. The van der Waals surface area contributed by atoms with Gasteiger partial charge in [-0.3, -0.25) is 0 Å². The Balaban J connectivity index is 0. The summed E-state index contributed by atoms with van der Waals surface area (Å²) in [6, 6.07) is 0. The van der Waals surface area contributed by atoms with Gasteiger partial charge >= 0.3 is 12.2 Å². The number of primary amides is 1. The minimum atomic E-state index is -1.33. The maximum Gasteiger partial charge on any atom is 0.405 e. The van der Waals surface area contributed by atoms with Crippen LogP contribution in [-0.2, 0) is 9.47 Å². The van der Waals surface area contributed by atoms with Crippen LogP contribution in [0.2, 0.25) is 0 Å². The molecule has 0 bridgehead atoms. The molecular weight excluding hydrogens is 364 g/mol. The summed E-state index contributed by atoms with van der Waals surface area (Å²) in [5.41, 5.74) is 3.68. The van der Waals surface area contributed by atoms with E-state index in [0.29, 0.717) is 13.2 Å². The van der Waals surface area contributed by atoms with Crippen molar-refractivity contribution in [3.8, 4) is 0 Å². The quantitative estimate of drug-likeness (QED) is 0.203. The molecule has 0 aliphatic heterocycles. The molecule has 164 valence electrons. The molecule has 0 spiro atoms. The molecule has 0 saturated heterocycles. The van der Waals surface area contributed by atoms with Crippen molar-refractivity contribution in [3.63, 3.8) is 0 Å². The highest BCUT2D eigenvalue weighted by molar-refractivity contribution is 5.65. The third-order valence-electron chi connectivity index (χ3n) is 4.20. The summed E-state index contributed by atoms with van der Waals surface area (Å²) in [5.74, 6) is 0. The molecule has 8 heteroatoms. The van der Waals surface area contributed by atoms with Gasteiger partial charge < -0.3 is 30.7 Å². The number of carbonyl (C=O) groups is 2. The summed E-state index contributed by atoms with van der Waals surface area (Å²) in [5, 5.41) is 19.3. The van der Waals surface area contributed by atoms with Crippen LogP contribution >= 0.6 is 0 Å². The Bertz CT molecular complexity index is 407. The number of carboxylic acid groups (broad SMARTS) is 2. The Labute approximate surface area is 168 Å². The third kappa shape index (κ3) is 19.9. The van der Waals surface area contributed by atoms with Crippen molar-refractivity contribution in [2.45, 2.75) is 76.7 Å². The SMILES string of the molecule is C=COCCCCC(CCCCC)(CCCCOC=C)NC(=O)O.NC(=O)O. The molecule has 0 aromatic carbocycles. The zero-order valence-corrected chi connectivity index (χ0v) is 17.2. The largest absolute Gasteiger partial charge is 0.502 e. The van der Waals surface area contributed by atoms with E-state index in [1.165, 1.54) is 12.5 Å². The predicted molar refractivity (Wildman–Crippen MR) is 110 cm³/mol. The van der Waals surface area contributed by atoms with Crippen molar-refractivity contribution < 1.29 is 29.3 Å². The highest BCUT2D eigenvalue weighted by atomic mass is 16.5. The molecule has 0 atom stereocenters. The minimum absolute atomic E-state index is 0.344. The van der Waals surface area contributed by atoms with E-state index >= 15 is 0 Å². The number of hydrogen-bond acceptors (Lipinski definition) is 4. The number of nitrogens with one attached hydrogen (secondary N) is 1. The molecule has 0 saturated carbocycles. The molecule has 0 rings (SSSR count). The van der Waals surface area contributed by atoms with Gasteiger partial charge in [-0.05, 0) is 44.9 Å². The molecule has 2 amide bonds. The van der Waals surface area contributed by atoms with Gasteiger partial charge in [0.05, 0.1) is 25.7 Å². The van der Waals surface area contributed by atoms with Crippen LogP contribution in [0.5, 0.6) is 0 Å². The lowest BCUT2D eigenvalue weighted by Gasteiger charge is -2.34. The van der Waals surface area contributed by atoms with Crippen LogP contribution in [0.4, 0.5) is 9.59 Å². The highest BCUT2D eigenvalue weighted by Crippen LogP contribution is 2.28. The zero-order chi connectivity index (χ0) is 21.7. The number of unbranched alkanes of at least 4 members (excludes halogenated alkanes) is 4. The second-order valence-corrected chi connectivity index (χ2v) is 6.49. The predicted octanol–water partition coefficient (Wildman–Crippen LogP) is 4.86. The summed E-state index contributed by atoms with van der Waals surface area (Å²) in [6.07, 6.45) is 10.2. The van der Waals surface area contributed by atoms with Crippen molar-refractivity contribution >= 4 is 12.2 Å². The van der Waals surface area contributed by atoms with Gasteiger partial charge in [0.1, 0.15) is 0 Å².